The van der Waals surface area contributed by atoms with E-state index >= 15 is 0 Å². The molecule has 0 aliphatic rings. The van der Waals surface area contributed by atoms with Crippen LogP contribution < -0.4 is 0 Å². The summed E-state index contributed by atoms with van der Waals surface area (Å²) in [4.78, 5) is 12.1. The van der Waals surface area contributed by atoms with Crippen LogP contribution >= 0.6 is 15.9 Å². The molecule has 2 aromatic rings. The summed E-state index contributed by atoms with van der Waals surface area (Å²) < 4.78 is 39.9. The summed E-state index contributed by atoms with van der Waals surface area (Å²) in [7, 11) is 0. The van der Waals surface area contributed by atoms with Crippen LogP contribution in [0.4, 0.5) is 13.2 Å². The van der Waals surface area contributed by atoms with E-state index in [9.17, 15) is 18.0 Å². The maximum Gasteiger partial charge on any atom is 0.197 e. The average Bonchev–Trinajstić information content (AvgIpc) is 2.33. The Morgan fingerprint density at radius 1 is 0.947 bits per heavy atom. The molecule has 1 nitrogen and oxygen atoms in total. The number of hydrogen-bond donors (Lipinski definition) is 0. The second kappa shape index (κ2) is 5.17. The van der Waals surface area contributed by atoms with Crippen molar-refractivity contribution in [1.29, 1.82) is 0 Å². The molecule has 0 heterocycles. The average molecular weight is 329 g/mol. The van der Waals surface area contributed by atoms with Crippen molar-refractivity contribution in [2.24, 2.45) is 0 Å². The highest BCUT2D eigenvalue weighted by molar-refractivity contribution is 9.10. The number of carbonyl (C=O) groups is 1. The quantitative estimate of drug-likeness (QED) is 0.589. The molecule has 0 radical (unpaired) electrons. The maximum absolute atomic E-state index is 13.5. The summed E-state index contributed by atoms with van der Waals surface area (Å²) in [6.45, 7) is 1.83. The third kappa shape index (κ3) is 2.71. The third-order valence-electron chi connectivity index (χ3n) is 2.62. The molecule has 0 aliphatic heterocycles. The van der Waals surface area contributed by atoms with Gasteiger partial charge in [-0.1, -0.05) is 22.0 Å². The van der Waals surface area contributed by atoms with Gasteiger partial charge in [-0.2, -0.15) is 0 Å². The molecule has 0 amide bonds. The van der Waals surface area contributed by atoms with E-state index in [2.05, 4.69) is 15.9 Å². The zero-order valence-corrected chi connectivity index (χ0v) is 11.4. The Kier molecular flexibility index (Phi) is 3.75. The van der Waals surface area contributed by atoms with E-state index in [0.717, 1.165) is 5.56 Å². The van der Waals surface area contributed by atoms with Crippen molar-refractivity contribution >= 4 is 21.7 Å². The summed E-state index contributed by atoms with van der Waals surface area (Å²) in [6, 6.07) is 5.80. The minimum Gasteiger partial charge on any atom is -0.288 e. The molecule has 0 atom stereocenters. The van der Waals surface area contributed by atoms with Crippen molar-refractivity contribution in [3.8, 4) is 0 Å². The van der Waals surface area contributed by atoms with E-state index in [1.807, 2.05) is 6.92 Å². The fourth-order valence-electron chi connectivity index (χ4n) is 1.65. The van der Waals surface area contributed by atoms with Gasteiger partial charge in [-0.05, 0) is 30.7 Å². The van der Waals surface area contributed by atoms with Crippen LogP contribution in [0, 0.1) is 24.4 Å². The Hall–Kier alpha value is -1.62. The first kappa shape index (κ1) is 13.8. The molecule has 2 aromatic carbocycles. The number of hydrogen-bond acceptors (Lipinski definition) is 1. The second-order valence-corrected chi connectivity index (χ2v) is 4.91. The minimum absolute atomic E-state index is 0.190. The highest BCUT2D eigenvalue weighted by atomic mass is 79.9. The summed E-state index contributed by atoms with van der Waals surface area (Å²) in [6.07, 6.45) is 0. The molecule has 0 saturated heterocycles. The number of aryl methyl sites for hydroxylation is 1. The fraction of sp³-hybridized carbons (Fsp3) is 0.0714. The van der Waals surface area contributed by atoms with Crippen LogP contribution in [0.25, 0.3) is 0 Å². The zero-order chi connectivity index (χ0) is 14.2. The van der Waals surface area contributed by atoms with E-state index in [1.54, 1.807) is 12.1 Å². The van der Waals surface area contributed by atoms with Crippen molar-refractivity contribution in [3.05, 3.63) is 68.9 Å². The van der Waals surface area contributed by atoms with Crippen LogP contribution in [-0.2, 0) is 0 Å². The van der Waals surface area contributed by atoms with Gasteiger partial charge in [-0.3, -0.25) is 4.79 Å². The zero-order valence-electron chi connectivity index (χ0n) is 9.81. The number of halogens is 4. The molecular formula is C14H8BrF3O. The van der Waals surface area contributed by atoms with Gasteiger partial charge >= 0.3 is 0 Å². The fourth-order valence-corrected chi connectivity index (χ4v) is 2.32. The lowest BCUT2D eigenvalue weighted by Gasteiger charge is -2.06. The van der Waals surface area contributed by atoms with Crippen molar-refractivity contribution in [2.45, 2.75) is 6.92 Å². The van der Waals surface area contributed by atoms with Gasteiger partial charge in [0.15, 0.2) is 17.4 Å². The Balaban J connectivity index is 2.53. The van der Waals surface area contributed by atoms with Gasteiger partial charge in [0, 0.05) is 16.1 Å². The van der Waals surface area contributed by atoms with Gasteiger partial charge < -0.3 is 0 Å². The topological polar surface area (TPSA) is 17.1 Å². The van der Waals surface area contributed by atoms with Gasteiger partial charge in [-0.15, -0.1) is 0 Å². The van der Waals surface area contributed by atoms with Crippen LogP contribution in [0.3, 0.4) is 0 Å². The predicted octanol–water partition coefficient (Wildman–Crippen LogP) is 4.41. The Morgan fingerprint density at radius 2 is 1.58 bits per heavy atom. The molecule has 0 bridgehead atoms. The standard InChI is InChI=1S/C14H8BrF3O/c1-7-2-3-8(10(15)4-7)14(19)9-5-12(17)13(18)6-11(9)16/h2-6H,1H3. The molecular weight excluding hydrogens is 321 g/mol. The highest BCUT2D eigenvalue weighted by Gasteiger charge is 2.19. The Morgan fingerprint density at radius 3 is 2.21 bits per heavy atom. The first-order valence-electron chi connectivity index (χ1n) is 5.35. The predicted molar refractivity (Wildman–Crippen MR) is 68.6 cm³/mol. The van der Waals surface area contributed by atoms with Crippen molar-refractivity contribution in [1.82, 2.24) is 0 Å². The first-order valence-corrected chi connectivity index (χ1v) is 6.15. The van der Waals surface area contributed by atoms with Crippen molar-refractivity contribution in [2.75, 3.05) is 0 Å². The van der Waals surface area contributed by atoms with Crippen molar-refractivity contribution < 1.29 is 18.0 Å². The van der Waals surface area contributed by atoms with E-state index in [4.69, 9.17) is 0 Å². The van der Waals surface area contributed by atoms with E-state index in [0.29, 0.717) is 16.6 Å². The first-order chi connectivity index (χ1) is 8.90. The maximum atomic E-state index is 13.5. The molecule has 0 spiro atoms. The smallest absolute Gasteiger partial charge is 0.197 e. The molecule has 19 heavy (non-hydrogen) atoms. The summed E-state index contributed by atoms with van der Waals surface area (Å²) in [5, 5.41) is 0. The van der Waals surface area contributed by atoms with Gasteiger partial charge in [0.25, 0.3) is 0 Å². The molecule has 2 rings (SSSR count). The van der Waals surface area contributed by atoms with Gasteiger partial charge in [0.05, 0.1) is 5.56 Å². The summed E-state index contributed by atoms with van der Waals surface area (Å²) >= 11 is 3.19. The number of ketones is 1. The van der Waals surface area contributed by atoms with Crippen LogP contribution in [0.5, 0.6) is 0 Å². The molecule has 5 heteroatoms. The normalized spacial score (nSPS) is 10.6. The number of benzene rings is 2. The minimum atomic E-state index is -1.32. The molecule has 0 N–H and O–H groups in total. The lowest BCUT2D eigenvalue weighted by Crippen LogP contribution is -2.07. The third-order valence-corrected chi connectivity index (χ3v) is 3.28. The largest absolute Gasteiger partial charge is 0.288 e. The molecule has 0 aromatic heterocycles. The monoisotopic (exact) mass is 328 g/mol. The van der Waals surface area contributed by atoms with E-state index < -0.39 is 28.8 Å². The van der Waals surface area contributed by atoms with Crippen LogP contribution in [0.2, 0.25) is 0 Å². The van der Waals surface area contributed by atoms with Gasteiger partial charge in [0.2, 0.25) is 0 Å². The number of rotatable bonds is 2. The lowest BCUT2D eigenvalue weighted by atomic mass is 10.0. The van der Waals surface area contributed by atoms with Crippen LogP contribution in [0.1, 0.15) is 21.5 Å². The van der Waals surface area contributed by atoms with Crippen LogP contribution in [-0.4, -0.2) is 5.78 Å². The summed E-state index contributed by atoms with van der Waals surface area (Å²) in [5.41, 5.74) is 0.605. The SMILES string of the molecule is Cc1ccc(C(=O)c2cc(F)c(F)cc2F)c(Br)c1. The molecule has 98 valence electrons. The summed E-state index contributed by atoms with van der Waals surface area (Å²) in [5.74, 6) is -4.37. The van der Waals surface area contributed by atoms with E-state index in [1.165, 1.54) is 6.07 Å². The Labute approximate surface area is 116 Å². The van der Waals surface area contributed by atoms with Crippen molar-refractivity contribution in [3.63, 3.8) is 0 Å². The lowest BCUT2D eigenvalue weighted by molar-refractivity contribution is 0.103. The van der Waals surface area contributed by atoms with Gasteiger partial charge in [-0.25, -0.2) is 13.2 Å². The number of carbonyl (C=O) groups excluding carboxylic acids is 1. The Bertz CT molecular complexity index is 668. The highest BCUT2D eigenvalue weighted by Crippen LogP contribution is 2.23. The molecule has 0 saturated carbocycles. The second-order valence-electron chi connectivity index (χ2n) is 4.06. The van der Waals surface area contributed by atoms with Crippen LogP contribution in [0.15, 0.2) is 34.8 Å². The molecule has 0 aliphatic carbocycles. The van der Waals surface area contributed by atoms with E-state index in [-0.39, 0.29) is 5.56 Å². The molecule has 0 fully saturated rings. The molecule has 0 unspecified atom stereocenters. The van der Waals surface area contributed by atoms with Gasteiger partial charge in [0.1, 0.15) is 5.82 Å².